The summed E-state index contributed by atoms with van der Waals surface area (Å²) >= 11 is 0. The summed E-state index contributed by atoms with van der Waals surface area (Å²) < 4.78 is 32.3. The van der Waals surface area contributed by atoms with Crippen molar-refractivity contribution in [2.45, 2.75) is 56.6 Å². The first-order chi connectivity index (χ1) is 16.9. The summed E-state index contributed by atoms with van der Waals surface area (Å²) in [5.41, 5.74) is 4.07. The van der Waals surface area contributed by atoms with Crippen LogP contribution in [0.25, 0.3) is 0 Å². The van der Waals surface area contributed by atoms with E-state index in [-0.39, 0.29) is 12.8 Å². The van der Waals surface area contributed by atoms with Gasteiger partial charge < -0.3 is 14.5 Å². The molecule has 1 aromatic rings. The minimum Gasteiger partial charge on any atom is -0.383 e. The molecule has 9 nitrogen and oxygen atoms in total. The van der Waals surface area contributed by atoms with Crippen molar-refractivity contribution in [2.24, 2.45) is 0 Å². The number of ether oxygens (including phenoxy) is 1. The Morgan fingerprint density at radius 2 is 1.69 bits per heavy atom. The number of likely N-dealkylation sites (tertiary alicyclic amines) is 1. The summed E-state index contributed by atoms with van der Waals surface area (Å²) in [6.45, 7) is 6.12. The molecule has 2 aliphatic rings. The van der Waals surface area contributed by atoms with Gasteiger partial charge in [-0.15, -0.1) is 0 Å². The number of carbonyl (C=O) groups is 1. The van der Waals surface area contributed by atoms with E-state index >= 15 is 0 Å². The largest absolute Gasteiger partial charge is 0.383 e. The molecule has 3 rings (SSSR count). The number of sulfonamides is 1. The van der Waals surface area contributed by atoms with Crippen LogP contribution >= 0.6 is 0 Å². The second-order valence-electron chi connectivity index (χ2n) is 9.64. The third-order valence-corrected chi connectivity index (χ3v) is 10.1. The summed E-state index contributed by atoms with van der Waals surface area (Å²) in [5.74, 6) is -0.833. The van der Waals surface area contributed by atoms with Gasteiger partial charge in [-0.05, 0) is 43.4 Å². The molecule has 1 aromatic carbocycles. The monoisotopic (exact) mass is 510 g/mol. The van der Waals surface area contributed by atoms with Crippen LogP contribution < -0.4 is 10.4 Å². The van der Waals surface area contributed by atoms with Crippen LogP contribution in [0.15, 0.2) is 24.3 Å². The average Bonchev–Trinajstić information content (AvgIpc) is 2.90. The Kier molecular flexibility index (Phi) is 10.4. The van der Waals surface area contributed by atoms with Crippen LogP contribution in [0.2, 0.25) is 0 Å². The number of piperidine rings is 1. The van der Waals surface area contributed by atoms with E-state index < -0.39 is 20.7 Å². The van der Waals surface area contributed by atoms with E-state index in [0.717, 1.165) is 12.1 Å². The Morgan fingerprint density at radius 1 is 1.03 bits per heavy atom. The Bertz CT molecular complexity index is 893. The van der Waals surface area contributed by atoms with Gasteiger partial charge in [0.15, 0.2) is 4.75 Å². The van der Waals surface area contributed by atoms with Gasteiger partial charge in [0.25, 0.3) is 5.91 Å². The Morgan fingerprint density at radius 3 is 2.26 bits per heavy atom. The molecule has 2 saturated heterocycles. The number of hydrogen-bond acceptors (Lipinski definition) is 7. The van der Waals surface area contributed by atoms with Gasteiger partial charge in [-0.1, -0.05) is 38.3 Å². The molecule has 0 aromatic heterocycles. The fourth-order valence-corrected chi connectivity index (χ4v) is 7.24. The quantitative estimate of drug-likeness (QED) is 0.253. The number of nitrogens with one attached hydrogen (secondary N) is 1. The Balaban J connectivity index is 1.61. The maximum atomic E-state index is 13.7. The van der Waals surface area contributed by atoms with Gasteiger partial charge in [0.2, 0.25) is 10.0 Å². The van der Waals surface area contributed by atoms with Gasteiger partial charge >= 0.3 is 0 Å². The van der Waals surface area contributed by atoms with Crippen molar-refractivity contribution in [2.75, 3.05) is 64.4 Å². The van der Waals surface area contributed by atoms with Crippen LogP contribution in [0.4, 0.5) is 5.69 Å². The van der Waals surface area contributed by atoms with E-state index in [0.29, 0.717) is 52.4 Å². The van der Waals surface area contributed by atoms with Gasteiger partial charge in [-0.3, -0.25) is 10.0 Å². The average molecular weight is 511 g/mol. The van der Waals surface area contributed by atoms with Crippen molar-refractivity contribution in [3.63, 3.8) is 0 Å². The SMILES string of the molecule is CCCCCCc1ccc(N2CCN(S(=O)(=O)C3(C(=O)NO)CCN(CCOC)CC3)CC2)cc1. The highest BCUT2D eigenvalue weighted by Gasteiger charge is 2.55. The van der Waals surface area contributed by atoms with Gasteiger partial charge in [-0.2, -0.15) is 4.31 Å². The molecule has 2 fully saturated rings. The van der Waals surface area contributed by atoms with Crippen LogP contribution in [0.5, 0.6) is 0 Å². The summed E-state index contributed by atoms with van der Waals surface area (Å²) in [4.78, 5) is 17.0. The fourth-order valence-electron chi connectivity index (χ4n) is 5.13. The summed E-state index contributed by atoms with van der Waals surface area (Å²) in [5, 5.41) is 9.39. The lowest BCUT2D eigenvalue weighted by atomic mass is 9.95. The molecule has 2 aliphatic heterocycles. The number of aryl methyl sites for hydroxylation is 1. The second-order valence-corrected chi connectivity index (χ2v) is 11.9. The number of benzene rings is 1. The number of nitrogens with zero attached hydrogens (tertiary/aromatic N) is 3. The molecule has 0 unspecified atom stereocenters. The minimum atomic E-state index is -3.95. The smallest absolute Gasteiger partial charge is 0.266 e. The van der Waals surface area contributed by atoms with E-state index in [1.807, 2.05) is 0 Å². The van der Waals surface area contributed by atoms with Crippen LogP contribution in [0, 0.1) is 0 Å². The second kappa shape index (κ2) is 13.0. The lowest BCUT2D eigenvalue weighted by molar-refractivity contribution is -0.133. The maximum absolute atomic E-state index is 13.7. The third-order valence-electron chi connectivity index (χ3n) is 7.48. The molecule has 0 saturated carbocycles. The zero-order chi connectivity index (χ0) is 25.3. The van der Waals surface area contributed by atoms with Crippen molar-refractivity contribution >= 4 is 21.6 Å². The van der Waals surface area contributed by atoms with Crippen molar-refractivity contribution in [3.8, 4) is 0 Å². The number of anilines is 1. The molecule has 2 N–H and O–H groups in total. The molecule has 2 heterocycles. The topological polar surface area (TPSA) is 102 Å². The number of rotatable bonds is 12. The number of hydrogen-bond donors (Lipinski definition) is 2. The standard InChI is InChI=1S/C25H42N4O5S/c1-3-4-5-6-7-22-8-10-23(11-9-22)28-16-18-29(19-17-28)35(32,33)25(24(30)26-31)12-14-27(15-13-25)20-21-34-2/h8-11,31H,3-7,12-21H2,1-2H3,(H,26,30). The number of piperazine rings is 1. The van der Waals surface area contributed by atoms with Crippen LogP contribution in [-0.4, -0.2) is 93.0 Å². The first-order valence-corrected chi connectivity index (χ1v) is 14.3. The summed E-state index contributed by atoms with van der Waals surface area (Å²) in [6.07, 6.45) is 6.35. The van der Waals surface area contributed by atoms with Crippen LogP contribution in [-0.2, 0) is 26.0 Å². The molecule has 0 bridgehead atoms. The van der Waals surface area contributed by atoms with E-state index in [4.69, 9.17) is 4.74 Å². The lowest BCUT2D eigenvalue weighted by Gasteiger charge is -2.44. The molecule has 1 amide bonds. The van der Waals surface area contributed by atoms with Crippen molar-refractivity contribution in [3.05, 3.63) is 29.8 Å². The first kappa shape index (κ1) is 27.9. The molecule has 35 heavy (non-hydrogen) atoms. The fraction of sp³-hybridized carbons (Fsp3) is 0.720. The summed E-state index contributed by atoms with van der Waals surface area (Å²) in [6, 6.07) is 8.58. The van der Waals surface area contributed by atoms with Crippen LogP contribution in [0.3, 0.4) is 0 Å². The number of hydroxylamine groups is 1. The molecule has 0 atom stereocenters. The molecule has 0 spiro atoms. The molecular formula is C25H42N4O5S. The van der Waals surface area contributed by atoms with Crippen molar-refractivity contribution in [1.29, 1.82) is 0 Å². The number of carbonyl (C=O) groups excluding carboxylic acids is 1. The summed E-state index contributed by atoms with van der Waals surface area (Å²) in [7, 11) is -2.33. The van der Waals surface area contributed by atoms with E-state index in [1.54, 1.807) is 12.6 Å². The normalized spacial score (nSPS) is 19.6. The maximum Gasteiger partial charge on any atom is 0.266 e. The predicted molar refractivity (Wildman–Crippen MR) is 137 cm³/mol. The number of unbranched alkanes of at least 4 members (excludes halogenated alkanes) is 3. The Hall–Kier alpha value is -1.72. The molecule has 198 valence electrons. The predicted octanol–water partition coefficient (Wildman–Crippen LogP) is 2.25. The molecular weight excluding hydrogens is 468 g/mol. The van der Waals surface area contributed by atoms with Gasteiger partial charge in [0.1, 0.15) is 0 Å². The Labute approximate surface area is 210 Å². The molecule has 0 radical (unpaired) electrons. The first-order valence-electron chi connectivity index (χ1n) is 12.9. The van der Waals surface area contributed by atoms with E-state index in [9.17, 15) is 18.4 Å². The molecule has 0 aliphatic carbocycles. The highest BCUT2D eigenvalue weighted by Crippen LogP contribution is 2.34. The van der Waals surface area contributed by atoms with Gasteiger partial charge in [-0.25, -0.2) is 13.9 Å². The molecule has 10 heteroatoms. The third kappa shape index (κ3) is 6.54. The number of methoxy groups -OCH3 is 1. The van der Waals surface area contributed by atoms with E-state index in [2.05, 4.69) is 41.0 Å². The minimum absolute atomic E-state index is 0.144. The van der Waals surface area contributed by atoms with Gasteiger partial charge in [0.05, 0.1) is 6.61 Å². The van der Waals surface area contributed by atoms with Gasteiger partial charge in [0, 0.05) is 58.6 Å². The van der Waals surface area contributed by atoms with Crippen molar-refractivity contribution < 1.29 is 23.2 Å². The van der Waals surface area contributed by atoms with Crippen LogP contribution in [0.1, 0.15) is 51.0 Å². The van der Waals surface area contributed by atoms with E-state index in [1.165, 1.54) is 35.6 Å². The highest BCUT2D eigenvalue weighted by molar-refractivity contribution is 7.91. The number of amides is 1. The zero-order valence-corrected chi connectivity index (χ0v) is 22.1. The zero-order valence-electron chi connectivity index (χ0n) is 21.2. The highest BCUT2D eigenvalue weighted by atomic mass is 32.2. The lowest BCUT2D eigenvalue weighted by Crippen LogP contribution is -2.63. The van der Waals surface area contributed by atoms with Crippen molar-refractivity contribution in [1.82, 2.24) is 14.7 Å².